The second-order valence-corrected chi connectivity index (χ2v) is 6.76. The molecule has 0 bridgehead atoms. The van der Waals surface area contributed by atoms with Gasteiger partial charge in [0.1, 0.15) is 11.9 Å². The third-order valence-corrected chi connectivity index (χ3v) is 5.11. The molecule has 0 spiro atoms. The highest BCUT2D eigenvalue weighted by Gasteiger charge is 2.31. The summed E-state index contributed by atoms with van der Waals surface area (Å²) in [6, 6.07) is 5.56. The Kier molecular flexibility index (Phi) is 4.42. The van der Waals surface area contributed by atoms with Crippen LogP contribution in [0.15, 0.2) is 36.8 Å². The summed E-state index contributed by atoms with van der Waals surface area (Å²) in [5.74, 6) is 1.41. The van der Waals surface area contributed by atoms with Crippen LogP contribution in [-0.4, -0.2) is 55.3 Å². The van der Waals surface area contributed by atoms with Crippen molar-refractivity contribution in [2.45, 2.75) is 24.8 Å². The average molecular weight is 353 g/mol. The summed E-state index contributed by atoms with van der Waals surface area (Å²) in [7, 11) is 3.67. The number of carbonyl (C=O) groups is 1. The number of amides is 1. The highest BCUT2D eigenvalue weighted by molar-refractivity contribution is 5.83. The van der Waals surface area contributed by atoms with Gasteiger partial charge in [-0.2, -0.15) is 5.10 Å². The van der Waals surface area contributed by atoms with Crippen LogP contribution in [0.4, 0.5) is 0 Å². The lowest BCUT2D eigenvalue weighted by Gasteiger charge is -2.33. The van der Waals surface area contributed by atoms with Gasteiger partial charge in [0.05, 0.1) is 6.20 Å². The molecule has 3 aromatic rings. The van der Waals surface area contributed by atoms with E-state index in [1.807, 2.05) is 54.0 Å². The SMILES string of the molecule is CNC(C(=O)N1CCC(c2nnc3ccccn23)CC1)c1cnn(C)c1. The van der Waals surface area contributed by atoms with Crippen molar-refractivity contribution in [3.8, 4) is 0 Å². The number of likely N-dealkylation sites (N-methyl/N-ethyl adjacent to an activating group) is 1. The fourth-order valence-corrected chi connectivity index (χ4v) is 3.70. The number of piperidine rings is 1. The van der Waals surface area contributed by atoms with E-state index in [0.29, 0.717) is 5.92 Å². The van der Waals surface area contributed by atoms with Gasteiger partial charge in [0.25, 0.3) is 0 Å². The third-order valence-electron chi connectivity index (χ3n) is 5.11. The quantitative estimate of drug-likeness (QED) is 0.760. The van der Waals surface area contributed by atoms with Crippen LogP contribution in [0.2, 0.25) is 0 Å². The highest BCUT2D eigenvalue weighted by Crippen LogP contribution is 2.28. The van der Waals surface area contributed by atoms with Gasteiger partial charge in [-0.3, -0.25) is 13.9 Å². The van der Waals surface area contributed by atoms with Crippen LogP contribution in [0.3, 0.4) is 0 Å². The summed E-state index contributed by atoms with van der Waals surface area (Å²) >= 11 is 0. The van der Waals surface area contributed by atoms with E-state index in [9.17, 15) is 4.79 Å². The van der Waals surface area contributed by atoms with Gasteiger partial charge >= 0.3 is 0 Å². The molecule has 26 heavy (non-hydrogen) atoms. The molecular formula is C18H23N7O. The highest BCUT2D eigenvalue weighted by atomic mass is 16.2. The zero-order valence-electron chi connectivity index (χ0n) is 15.0. The first-order chi connectivity index (χ1) is 12.7. The summed E-state index contributed by atoms with van der Waals surface area (Å²) in [5.41, 5.74) is 1.76. The minimum absolute atomic E-state index is 0.102. The number of fused-ring (bicyclic) bond motifs is 1. The molecule has 1 fully saturated rings. The zero-order valence-corrected chi connectivity index (χ0v) is 15.0. The van der Waals surface area contributed by atoms with Gasteiger partial charge < -0.3 is 10.2 Å². The first kappa shape index (κ1) is 16.7. The van der Waals surface area contributed by atoms with E-state index in [2.05, 4.69) is 20.6 Å². The van der Waals surface area contributed by atoms with E-state index >= 15 is 0 Å². The molecule has 0 aliphatic carbocycles. The number of likely N-dealkylation sites (tertiary alicyclic amines) is 1. The molecule has 8 heteroatoms. The molecule has 1 N–H and O–H groups in total. The molecule has 136 valence electrons. The Morgan fingerprint density at radius 3 is 2.77 bits per heavy atom. The molecule has 3 aromatic heterocycles. The van der Waals surface area contributed by atoms with Crippen LogP contribution >= 0.6 is 0 Å². The van der Waals surface area contributed by atoms with Crippen LogP contribution in [0.25, 0.3) is 5.65 Å². The van der Waals surface area contributed by atoms with Crippen molar-refractivity contribution in [3.63, 3.8) is 0 Å². The van der Waals surface area contributed by atoms with Gasteiger partial charge in [-0.25, -0.2) is 0 Å². The average Bonchev–Trinajstić information content (AvgIpc) is 3.29. The van der Waals surface area contributed by atoms with E-state index in [-0.39, 0.29) is 11.9 Å². The Bertz CT molecular complexity index is 907. The molecule has 1 aliphatic heterocycles. The zero-order chi connectivity index (χ0) is 18.1. The van der Waals surface area contributed by atoms with Gasteiger partial charge in [0.15, 0.2) is 5.65 Å². The van der Waals surface area contributed by atoms with Crippen LogP contribution < -0.4 is 5.32 Å². The predicted molar refractivity (Wildman–Crippen MR) is 96.6 cm³/mol. The van der Waals surface area contributed by atoms with Crippen molar-refractivity contribution < 1.29 is 4.79 Å². The molecule has 0 saturated carbocycles. The Morgan fingerprint density at radius 2 is 2.08 bits per heavy atom. The molecule has 1 unspecified atom stereocenters. The number of hydrogen-bond donors (Lipinski definition) is 1. The molecular weight excluding hydrogens is 330 g/mol. The molecule has 0 aromatic carbocycles. The Hall–Kier alpha value is -2.74. The number of pyridine rings is 1. The van der Waals surface area contributed by atoms with E-state index < -0.39 is 0 Å². The first-order valence-corrected chi connectivity index (χ1v) is 8.91. The minimum Gasteiger partial charge on any atom is -0.341 e. The maximum Gasteiger partial charge on any atom is 0.244 e. The molecule has 1 atom stereocenters. The number of nitrogens with one attached hydrogen (secondary N) is 1. The maximum atomic E-state index is 12.9. The number of aryl methyl sites for hydroxylation is 1. The summed E-state index contributed by atoms with van der Waals surface area (Å²) in [5, 5.41) is 15.9. The smallest absolute Gasteiger partial charge is 0.244 e. The van der Waals surface area contributed by atoms with Gasteiger partial charge in [-0.1, -0.05) is 6.07 Å². The van der Waals surface area contributed by atoms with Gasteiger partial charge in [-0.05, 0) is 32.0 Å². The lowest BCUT2D eigenvalue weighted by Crippen LogP contribution is -2.43. The summed E-state index contributed by atoms with van der Waals surface area (Å²) < 4.78 is 3.77. The van der Waals surface area contributed by atoms with E-state index in [4.69, 9.17) is 0 Å². The summed E-state index contributed by atoms with van der Waals surface area (Å²) in [6.45, 7) is 1.45. The van der Waals surface area contributed by atoms with Crippen molar-refractivity contribution in [1.29, 1.82) is 0 Å². The van der Waals surface area contributed by atoms with Crippen molar-refractivity contribution in [2.24, 2.45) is 7.05 Å². The number of hydrogen-bond acceptors (Lipinski definition) is 5. The standard InChI is InChI=1S/C18H23N7O/c1-19-16(14-11-20-23(2)12-14)18(26)24-9-6-13(7-10-24)17-22-21-15-5-3-4-8-25(15)17/h3-5,8,11-13,16,19H,6-7,9-10H2,1-2H3. The topological polar surface area (TPSA) is 80.3 Å². The van der Waals surface area contributed by atoms with Crippen LogP contribution in [0.5, 0.6) is 0 Å². The number of aromatic nitrogens is 5. The minimum atomic E-state index is -0.353. The summed E-state index contributed by atoms with van der Waals surface area (Å²) in [6.07, 6.45) is 7.42. The molecule has 4 rings (SSSR count). The second kappa shape index (κ2) is 6.87. The molecule has 0 radical (unpaired) electrons. The Balaban J connectivity index is 1.45. The van der Waals surface area contributed by atoms with E-state index in [1.54, 1.807) is 10.9 Å². The van der Waals surface area contributed by atoms with Crippen molar-refractivity contribution in [1.82, 2.24) is 34.6 Å². The molecule has 8 nitrogen and oxygen atoms in total. The third kappa shape index (κ3) is 2.96. The largest absolute Gasteiger partial charge is 0.341 e. The van der Waals surface area contributed by atoms with Gasteiger partial charge in [0, 0.05) is 44.0 Å². The van der Waals surface area contributed by atoms with Crippen LogP contribution in [0.1, 0.15) is 36.2 Å². The van der Waals surface area contributed by atoms with Crippen molar-refractivity contribution in [2.75, 3.05) is 20.1 Å². The lowest BCUT2D eigenvalue weighted by atomic mass is 9.95. The van der Waals surface area contributed by atoms with Crippen LogP contribution in [-0.2, 0) is 11.8 Å². The Labute approximate surface area is 151 Å². The Morgan fingerprint density at radius 1 is 1.27 bits per heavy atom. The molecule has 1 amide bonds. The first-order valence-electron chi connectivity index (χ1n) is 8.91. The number of rotatable bonds is 4. The molecule has 4 heterocycles. The van der Waals surface area contributed by atoms with Gasteiger partial charge in [-0.15, -0.1) is 10.2 Å². The summed E-state index contributed by atoms with van der Waals surface area (Å²) in [4.78, 5) is 14.9. The second-order valence-electron chi connectivity index (χ2n) is 6.76. The monoisotopic (exact) mass is 353 g/mol. The van der Waals surface area contributed by atoms with Gasteiger partial charge in [0.2, 0.25) is 5.91 Å². The fraction of sp³-hybridized carbons (Fsp3) is 0.444. The molecule has 1 saturated heterocycles. The number of nitrogens with zero attached hydrogens (tertiary/aromatic N) is 6. The fourth-order valence-electron chi connectivity index (χ4n) is 3.70. The lowest BCUT2D eigenvalue weighted by molar-refractivity contribution is -0.134. The normalized spacial score (nSPS) is 16.9. The van der Waals surface area contributed by atoms with Crippen molar-refractivity contribution >= 4 is 11.6 Å². The maximum absolute atomic E-state index is 12.9. The number of carbonyl (C=O) groups excluding carboxylic acids is 1. The molecule has 1 aliphatic rings. The van der Waals surface area contributed by atoms with Crippen molar-refractivity contribution in [3.05, 3.63) is 48.2 Å². The van der Waals surface area contributed by atoms with E-state index in [1.165, 1.54) is 0 Å². The van der Waals surface area contributed by atoms with Crippen LogP contribution in [0, 0.1) is 0 Å². The van der Waals surface area contributed by atoms with E-state index in [0.717, 1.165) is 43.0 Å². The predicted octanol–water partition coefficient (Wildman–Crippen LogP) is 1.13.